The number of nitrogens with zero attached hydrogens (tertiary/aromatic N) is 1. The van der Waals surface area contributed by atoms with Gasteiger partial charge in [-0.2, -0.15) is 0 Å². The second kappa shape index (κ2) is 6.56. The van der Waals surface area contributed by atoms with Crippen molar-refractivity contribution in [3.05, 3.63) is 89.5 Å². The fraction of sp³-hybridized carbons (Fsp3) is 0.167. The van der Waals surface area contributed by atoms with Gasteiger partial charge in [0.1, 0.15) is 18.0 Å². The molecule has 2 atom stereocenters. The monoisotopic (exact) mass is 294 g/mol. The minimum atomic E-state index is -0.772. The van der Waals surface area contributed by atoms with Gasteiger partial charge in [0, 0.05) is 6.42 Å². The summed E-state index contributed by atoms with van der Waals surface area (Å²) in [6, 6.07) is 19.1. The molecule has 0 aliphatic rings. The Morgan fingerprint density at radius 1 is 0.909 bits per heavy atom. The Hall–Kier alpha value is -2.43. The molecule has 0 saturated carbocycles. The zero-order valence-electron chi connectivity index (χ0n) is 12.1. The van der Waals surface area contributed by atoms with E-state index >= 15 is 0 Å². The first-order valence-corrected chi connectivity index (χ1v) is 7.24. The molecule has 4 heteroatoms. The van der Waals surface area contributed by atoms with Crippen LogP contribution in [0.2, 0.25) is 0 Å². The lowest BCUT2D eigenvalue weighted by molar-refractivity contribution is 0.168. The molecule has 3 N–H and O–H groups in total. The van der Waals surface area contributed by atoms with E-state index in [1.807, 2.05) is 60.7 Å². The van der Waals surface area contributed by atoms with E-state index in [1.165, 1.54) is 0 Å². The Balaban J connectivity index is 1.73. The van der Waals surface area contributed by atoms with Crippen LogP contribution in [0.15, 0.2) is 66.9 Å². The third-order valence-electron chi connectivity index (χ3n) is 3.61. The van der Waals surface area contributed by atoms with Crippen LogP contribution in [0, 0.1) is 0 Å². The average Bonchev–Trinajstić information content (AvgIpc) is 3.06. The first-order valence-electron chi connectivity index (χ1n) is 7.24. The number of hydrogen-bond donors (Lipinski definition) is 3. The first kappa shape index (κ1) is 14.5. The van der Waals surface area contributed by atoms with Crippen LogP contribution in [-0.4, -0.2) is 20.2 Å². The molecule has 112 valence electrons. The number of nitrogens with one attached hydrogen (secondary N) is 1. The van der Waals surface area contributed by atoms with Crippen molar-refractivity contribution in [3.8, 4) is 0 Å². The van der Waals surface area contributed by atoms with Crippen LogP contribution < -0.4 is 0 Å². The van der Waals surface area contributed by atoms with Crippen molar-refractivity contribution in [2.75, 3.05) is 0 Å². The smallest absolute Gasteiger partial charge is 0.135 e. The third-order valence-corrected chi connectivity index (χ3v) is 3.61. The highest BCUT2D eigenvalue weighted by Gasteiger charge is 2.17. The lowest BCUT2D eigenvalue weighted by Gasteiger charge is -2.10. The third kappa shape index (κ3) is 3.24. The van der Waals surface area contributed by atoms with E-state index in [0.717, 1.165) is 11.1 Å². The van der Waals surface area contributed by atoms with Gasteiger partial charge >= 0.3 is 0 Å². The summed E-state index contributed by atoms with van der Waals surface area (Å²) < 4.78 is 0. The molecule has 2 aromatic carbocycles. The molecule has 4 nitrogen and oxygen atoms in total. The topological polar surface area (TPSA) is 69.1 Å². The van der Waals surface area contributed by atoms with Gasteiger partial charge in [0.25, 0.3) is 0 Å². The van der Waals surface area contributed by atoms with Crippen LogP contribution in [0.4, 0.5) is 0 Å². The van der Waals surface area contributed by atoms with E-state index in [1.54, 1.807) is 6.20 Å². The molecule has 3 rings (SSSR count). The Kier molecular flexibility index (Phi) is 4.32. The van der Waals surface area contributed by atoms with Gasteiger partial charge in [-0.1, -0.05) is 60.7 Å². The number of imidazole rings is 1. The quantitative estimate of drug-likeness (QED) is 0.677. The van der Waals surface area contributed by atoms with Crippen molar-refractivity contribution >= 4 is 0 Å². The number of aliphatic hydroxyl groups excluding tert-OH is 2. The zero-order chi connectivity index (χ0) is 15.4. The number of rotatable bonds is 5. The van der Waals surface area contributed by atoms with Crippen LogP contribution in [0.25, 0.3) is 0 Å². The molecule has 0 unspecified atom stereocenters. The second-order valence-electron chi connectivity index (χ2n) is 5.24. The standard InChI is InChI=1S/C18H18N2O2/c21-16(11-13-7-3-1-4-8-13)18-19-12-15(20-18)17(22)14-9-5-2-6-10-14/h1-10,12,16-17,21-22H,11H2,(H,19,20)/t16-,17-/m0/s1. The van der Waals surface area contributed by atoms with E-state index in [2.05, 4.69) is 9.97 Å². The van der Waals surface area contributed by atoms with Gasteiger partial charge in [-0.05, 0) is 11.1 Å². The first-order chi connectivity index (χ1) is 10.7. The lowest BCUT2D eigenvalue weighted by Crippen LogP contribution is -2.05. The van der Waals surface area contributed by atoms with Gasteiger partial charge in [0.05, 0.1) is 11.9 Å². The summed E-state index contributed by atoms with van der Waals surface area (Å²) in [5.41, 5.74) is 2.40. The van der Waals surface area contributed by atoms with Gasteiger partial charge in [-0.3, -0.25) is 0 Å². The predicted octanol–water partition coefficient (Wildman–Crippen LogP) is 2.77. The number of aromatic amines is 1. The van der Waals surface area contributed by atoms with Crippen molar-refractivity contribution in [2.45, 2.75) is 18.6 Å². The fourth-order valence-corrected chi connectivity index (χ4v) is 2.41. The van der Waals surface area contributed by atoms with Crippen molar-refractivity contribution < 1.29 is 10.2 Å². The van der Waals surface area contributed by atoms with Gasteiger partial charge in [0.2, 0.25) is 0 Å². The number of aliphatic hydroxyl groups is 2. The SMILES string of the molecule is O[C@@H](c1ccccc1)c1cnc([C@@H](O)Cc2ccccc2)[nH]1. The molecule has 3 aromatic rings. The molecule has 1 heterocycles. The van der Waals surface area contributed by atoms with Gasteiger partial charge in [-0.25, -0.2) is 4.98 Å². The van der Waals surface area contributed by atoms with E-state index in [0.29, 0.717) is 17.9 Å². The maximum Gasteiger partial charge on any atom is 0.135 e. The van der Waals surface area contributed by atoms with Crippen LogP contribution in [0.5, 0.6) is 0 Å². The number of hydrogen-bond acceptors (Lipinski definition) is 3. The highest BCUT2D eigenvalue weighted by atomic mass is 16.3. The number of benzene rings is 2. The maximum atomic E-state index is 10.3. The minimum Gasteiger partial charge on any atom is -0.385 e. The Bertz CT molecular complexity index is 710. The molecule has 0 bridgehead atoms. The molecule has 0 aliphatic carbocycles. The molecule has 1 aromatic heterocycles. The van der Waals surface area contributed by atoms with Gasteiger partial charge in [0.15, 0.2) is 0 Å². The second-order valence-corrected chi connectivity index (χ2v) is 5.24. The highest BCUT2D eigenvalue weighted by molar-refractivity contribution is 5.25. The van der Waals surface area contributed by atoms with Crippen LogP contribution in [-0.2, 0) is 6.42 Å². The zero-order valence-corrected chi connectivity index (χ0v) is 12.1. The molecule has 0 radical (unpaired) electrons. The van der Waals surface area contributed by atoms with E-state index in [9.17, 15) is 10.2 Å². The molecule has 0 spiro atoms. The summed E-state index contributed by atoms with van der Waals surface area (Å²) in [4.78, 5) is 7.21. The number of aromatic nitrogens is 2. The number of H-pyrrole nitrogens is 1. The van der Waals surface area contributed by atoms with Crippen LogP contribution in [0.3, 0.4) is 0 Å². The van der Waals surface area contributed by atoms with E-state index in [4.69, 9.17) is 0 Å². The summed E-state index contributed by atoms with van der Waals surface area (Å²) in [7, 11) is 0. The summed E-state index contributed by atoms with van der Waals surface area (Å²) in [6.45, 7) is 0. The largest absolute Gasteiger partial charge is 0.385 e. The van der Waals surface area contributed by atoms with Crippen molar-refractivity contribution in [1.82, 2.24) is 9.97 Å². The summed E-state index contributed by atoms with van der Waals surface area (Å²) in [5, 5.41) is 20.6. The Morgan fingerprint density at radius 2 is 1.55 bits per heavy atom. The summed E-state index contributed by atoms with van der Waals surface area (Å²) in [6.07, 6.45) is 0.557. The van der Waals surface area contributed by atoms with Crippen molar-refractivity contribution in [2.24, 2.45) is 0 Å². The van der Waals surface area contributed by atoms with Gasteiger partial charge in [-0.15, -0.1) is 0 Å². The predicted molar refractivity (Wildman–Crippen MR) is 84.2 cm³/mol. The fourth-order valence-electron chi connectivity index (χ4n) is 2.41. The lowest BCUT2D eigenvalue weighted by atomic mass is 10.1. The molecule has 0 aliphatic heterocycles. The summed E-state index contributed by atoms with van der Waals surface area (Å²) in [5.74, 6) is 0.467. The van der Waals surface area contributed by atoms with Crippen molar-refractivity contribution in [1.29, 1.82) is 0 Å². The highest BCUT2D eigenvalue weighted by Crippen LogP contribution is 2.22. The minimum absolute atomic E-state index is 0.467. The molecule has 22 heavy (non-hydrogen) atoms. The molecule has 0 amide bonds. The van der Waals surface area contributed by atoms with Crippen LogP contribution >= 0.6 is 0 Å². The maximum absolute atomic E-state index is 10.3. The molecule has 0 fully saturated rings. The van der Waals surface area contributed by atoms with Crippen molar-refractivity contribution in [3.63, 3.8) is 0 Å². The molecular formula is C18H18N2O2. The Labute approximate surface area is 129 Å². The normalized spacial score (nSPS) is 13.7. The average molecular weight is 294 g/mol. The summed E-state index contributed by atoms with van der Waals surface area (Å²) >= 11 is 0. The van der Waals surface area contributed by atoms with E-state index in [-0.39, 0.29) is 0 Å². The molecule has 0 saturated heterocycles. The molecular weight excluding hydrogens is 276 g/mol. The van der Waals surface area contributed by atoms with Gasteiger partial charge < -0.3 is 15.2 Å². The Morgan fingerprint density at radius 3 is 2.23 bits per heavy atom. The van der Waals surface area contributed by atoms with E-state index < -0.39 is 12.2 Å². The van der Waals surface area contributed by atoms with Crippen LogP contribution in [0.1, 0.15) is 34.9 Å².